The summed E-state index contributed by atoms with van der Waals surface area (Å²) in [5, 5.41) is 3.78. The summed E-state index contributed by atoms with van der Waals surface area (Å²) in [6.07, 6.45) is 13.4. The highest BCUT2D eigenvalue weighted by Crippen LogP contribution is 2.44. The van der Waals surface area contributed by atoms with Gasteiger partial charge in [0.1, 0.15) is 0 Å². The molecule has 16 nitrogen and oxygen atoms in total. The molecule has 6 rings (SSSR count). The number of hydrogen-bond acceptors (Lipinski definition) is 16. The molecule has 6 heterocycles. The monoisotopic (exact) mass is 1070 g/mol. The van der Waals surface area contributed by atoms with E-state index in [1.165, 1.54) is 0 Å². The lowest BCUT2D eigenvalue weighted by atomic mass is 9.77. The molecule has 0 aliphatic carbocycles. The van der Waals surface area contributed by atoms with Crippen molar-refractivity contribution in [3.63, 3.8) is 0 Å². The van der Waals surface area contributed by atoms with E-state index in [1.807, 2.05) is 0 Å². The first-order chi connectivity index (χ1) is 35.4. The highest BCUT2D eigenvalue weighted by atomic mass is 15.4. The number of nitrogens with zero attached hydrogens (tertiary/aromatic N) is 15. The third-order valence-electron chi connectivity index (χ3n) is 20.5. The van der Waals surface area contributed by atoms with Crippen LogP contribution in [0.25, 0.3) is 0 Å². The van der Waals surface area contributed by atoms with Crippen LogP contribution in [0.4, 0.5) is 35.7 Å². The average Bonchev–Trinajstić information content (AvgIpc) is 3.32. The van der Waals surface area contributed by atoms with Crippen LogP contribution in [-0.4, -0.2) is 193 Å². The van der Waals surface area contributed by atoms with Crippen molar-refractivity contribution in [2.75, 3.05) is 105 Å². The summed E-state index contributed by atoms with van der Waals surface area (Å²) in [5.41, 5.74) is 0.154. The topological polar surface area (TPSA) is 119 Å². The van der Waals surface area contributed by atoms with Crippen LogP contribution in [0.5, 0.6) is 0 Å². The van der Waals surface area contributed by atoms with E-state index in [2.05, 4.69) is 223 Å². The Bertz CT molecular complexity index is 2180. The van der Waals surface area contributed by atoms with Crippen LogP contribution < -0.4 is 29.8 Å². The van der Waals surface area contributed by atoms with Crippen LogP contribution in [0, 0.1) is 0 Å². The molecule has 0 unspecified atom stereocenters. The molecular weight excluding hydrogens is 957 g/mol. The lowest BCUT2D eigenvalue weighted by molar-refractivity contribution is -0.0133. The predicted molar refractivity (Wildman–Crippen MR) is 328 cm³/mol. The molecule has 0 radical (unpaired) electrons. The lowest BCUT2D eigenvalue weighted by Crippen LogP contribution is -2.63. The molecule has 4 fully saturated rings. The van der Waals surface area contributed by atoms with Gasteiger partial charge in [0.15, 0.2) is 0 Å². The Kier molecular flexibility index (Phi) is 19.0. The maximum absolute atomic E-state index is 5.52. The Hall–Kier alpha value is -3.34. The Morgan fingerprint density at radius 2 is 0.675 bits per heavy atom. The van der Waals surface area contributed by atoms with E-state index in [0.717, 1.165) is 139 Å². The van der Waals surface area contributed by atoms with Crippen molar-refractivity contribution in [1.29, 1.82) is 0 Å². The van der Waals surface area contributed by atoms with Crippen molar-refractivity contribution >= 4 is 35.7 Å². The fourth-order valence-corrected chi connectivity index (χ4v) is 14.5. The molecule has 0 saturated carbocycles. The highest BCUT2D eigenvalue weighted by molar-refractivity contribution is 5.49. The predicted octanol–water partition coefficient (Wildman–Crippen LogP) is 11.1. The van der Waals surface area contributed by atoms with Gasteiger partial charge in [-0.3, -0.25) is 19.6 Å². The summed E-state index contributed by atoms with van der Waals surface area (Å²) in [6, 6.07) is 1.12. The van der Waals surface area contributed by atoms with E-state index >= 15 is 0 Å². The molecule has 440 valence electrons. The van der Waals surface area contributed by atoms with Crippen molar-refractivity contribution in [2.24, 2.45) is 0 Å². The number of aromatic nitrogens is 6. The largest absolute Gasteiger partial charge is 0.354 e. The minimum atomic E-state index is 0.0187. The fourth-order valence-electron chi connectivity index (χ4n) is 14.5. The molecule has 2 aromatic rings. The Balaban J connectivity index is 1.35. The van der Waals surface area contributed by atoms with Crippen LogP contribution in [0.15, 0.2) is 0 Å². The lowest BCUT2D eigenvalue weighted by Gasteiger charge is -2.55. The van der Waals surface area contributed by atoms with E-state index in [1.54, 1.807) is 0 Å². The average molecular weight is 1070 g/mol. The summed E-state index contributed by atoms with van der Waals surface area (Å²) >= 11 is 0. The van der Waals surface area contributed by atoms with Gasteiger partial charge in [0.05, 0.1) is 0 Å². The Labute approximate surface area is 471 Å². The fraction of sp³-hybridized carbons (Fsp3) is 0.902. The summed E-state index contributed by atoms with van der Waals surface area (Å²) in [5.74, 6) is 4.51. The quantitative estimate of drug-likeness (QED) is 0.119. The SMILES string of the molecule is CCCCN(c1nc(NCCCN(CC)c2nc(N(C)C3CC(C)(C)N(C)C(C)(C)C3)nc(N(CCCC)C3CC(C)(C)N(C)C(C)(C)C3)n2)nc(N(C)C2CC(C)(C)N(C)C(C)(C)C2)n1)C1CC(C)(C)N(C)C(C)(C)C1. The van der Waals surface area contributed by atoms with Crippen LogP contribution in [0.2, 0.25) is 0 Å². The number of anilines is 6. The number of nitrogens with one attached hydrogen (secondary N) is 1. The van der Waals surface area contributed by atoms with Gasteiger partial charge in [-0.2, -0.15) is 29.9 Å². The molecule has 16 heteroatoms. The molecule has 2 aromatic heterocycles. The van der Waals surface area contributed by atoms with Gasteiger partial charge in [-0.1, -0.05) is 26.7 Å². The number of unbranched alkanes of at least 4 members (excludes halogenated alkanes) is 2. The van der Waals surface area contributed by atoms with Crippen LogP contribution in [0.1, 0.15) is 215 Å². The molecule has 0 aromatic carbocycles. The molecule has 0 spiro atoms. The van der Waals surface area contributed by atoms with Crippen LogP contribution >= 0.6 is 0 Å². The van der Waals surface area contributed by atoms with Gasteiger partial charge in [-0.15, -0.1) is 0 Å². The Morgan fingerprint density at radius 3 is 1.01 bits per heavy atom. The van der Waals surface area contributed by atoms with Crippen molar-refractivity contribution < 1.29 is 0 Å². The van der Waals surface area contributed by atoms with Crippen molar-refractivity contribution in [2.45, 2.75) is 284 Å². The molecule has 0 amide bonds. The normalized spacial score (nSPS) is 23.9. The smallest absolute Gasteiger partial charge is 0.232 e. The first-order valence-electron chi connectivity index (χ1n) is 30.4. The third kappa shape index (κ3) is 13.9. The van der Waals surface area contributed by atoms with Gasteiger partial charge >= 0.3 is 0 Å². The highest BCUT2D eigenvalue weighted by Gasteiger charge is 2.49. The minimum Gasteiger partial charge on any atom is -0.354 e. The molecule has 0 bridgehead atoms. The van der Waals surface area contributed by atoms with Crippen LogP contribution in [0.3, 0.4) is 0 Å². The zero-order valence-corrected chi connectivity index (χ0v) is 54.2. The van der Waals surface area contributed by atoms with E-state index in [-0.39, 0.29) is 62.4 Å². The number of piperidine rings is 4. The molecule has 4 aliphatic rings. The second-order valence-electron chi connectivity index (χ2n) is 29.7. The van der Waals surface area contributed by atoms with Crippen LogP contribution in [-0.2, 0) is 0 Å². The molecule has 1 N–H and O–H groups in total. The second-order valence-corrected chi connectivity index (χ2v) is 29.7. The van der Waals surface area contributed by atoms with Gasteiger partial charge < -0.3 is 29.8 Å². The zero-order valence-electron chi connectivity index (χ0n) is 54.2. The summed E-state index contributed by atoms with van der Waals surface area (Å²) in [6.45, 7) is 49.1. The van der Waals surface area contributed by atoms with Gasteiger partial charge in [-0.25, -0.2) is 0 Å². The Morgan fingerprint density at radius 1 is 0.390 bits per heavy atom. The number of hydrogen-bond donors (Lipinski definition) is 1. The van der Waals surface area contributed by atoms with Crippen molar-refractivity contribution in [1.82, 2.24) is 49.5 Å². The molecule has 77 heavy (non-hydrogen) atoms. The van der Waals surface area contributed by atoms with E-state index in [0.29, 0.717) is 18.5 Å². The molecule has 0 atom stereocenters. The number of likely N-dealkylation sites (tertiary alicyclic amines) is 4. The van der Waals surface area contributed by atoms with Gasteiger partial charge in [-0.05, 0) is 217 Å². The standard InChI is InChI=1S/C61H116N16/c1-26-29-34-76(46-40-58(12,13)73(24)59(14,15)41-46)52-64-48(63-49(66-52)69(20)44-36-54(4,5)71(22)55(6,7)37-44)62-32-31-33-75(28-3)51-65-50(70(21)45-38-56(8,9)72(23)57(10,11)39-45)67-53(68-51)77(35-30-27-2)47-42-60(16,17)74(25)61(18,19)43-47/h44-47H,26-43H2,1-25H3,(H,62,63,64,66). The first kappa shape index (κ1) is 62.9. The van der Waals surface area contributed by atoms with E-state index in [9.17, 15) is 0 Å². The zero-order chi connectivity index (χ0) is 57.6. The third-order valence-corrected chi connectivity index (χ3v) is 20.5. The maximum Gasteiger partial charge on any atom is 0.232 e. The molecule has 4 saturated heterocycles. The van der Waals surface area contributed by atoms with E-state index in [4.69, 9.17) is 29.9 Å². The summed E-state index contributed by atoms with van der Waals surface area (Å²) in [4.78, 5) is 55.1. The van der Waals surface area contributed by atoms with Crippen molar-refractivity contribution in [3.05, 3.63) is 0 Å². The van der Waals surface area contributed by atoms with E-state index < -0.39 is 0 Å². The van der Waals surface area contributed by atoms with Gasteiger partial charge in [0, 0.05) is 115 Å². The van der Waals surface area contributed by atoms with Gasteiger partial charge in [0.25, 0.3) is 0 Å². The number of rotatable bonds is 21. The summed E-state index contributed by atoms with van der Waals surface area (Å²) in [7, 11) is 13.6. The minimum absolute atomic E-state index is 0.0187. The first-order valence-corrected chi connectivity index (χ1v) is 30.4. The van der Waals surface area contributed by atoms with Crippen molar-refractivity contribution in [3.8, 4) is 0 Å². The second kappa shape index (κ2) is 23.3. The van der Waals surface area contributed by atoms with Gasteiger partial charge in [0.2, 0.25) is 35.7 Å². The summed E-state index contributed by atoms with van der Waals surface area (Å²) < 4.78 is 0. The maximum atomic E-state index is 5.52. The molecule has 4 aliphatic heterocycles. The molecular formula is C61H116N16.